The summed E-state index contributed by atoms with van der Waals surface area (Å²) >= 11 is 1.79. The number of thioether (sulfide) groups is 1. The number of rotatable bonds is 11. The number of aliphatic hydroxyl groups is 1. The van der Waals surface area contributed by atoms with Crippen LogP contribution in [0.15, 0.2) is 0 Å². The lowest BCUT2D eigenvalue weighted by Gasteiger charge is -2.13. The van der Waals surface area contributed by atoms with Crippen LogP contribution in [0.4, 0.5) is 0 Å². The van der Waals surface area contributed by atoms with E-state index < -0.39 is 6.10 Å². The topological polar surface area (TPSA) is 50.7 Å². The molecule has 0 saturated heterocycles. The first-order chi connectivity index (χ1) is 7.66. The Balaban J connectivity index is 3.14. The van der Waals surface area contributed by atoms with Crippen LogP contribution in [-0.4, -0.2) is 62.2 Å². The molecule has 1 unspecified atom stereocenters. The lowest BCUT2D eigenvalue weighted by molar-refractivity contribution is -0.00982. The lowest BCUT2D eigenvalue weighted by atomic mass is 10.4. The SMILES string of the molecule is CSCCNCC(O)COCCOC(C)C. The van der Waals surface area contributed by atoms with Gasteiger partial charge in [-0.15, -0.1) is 0 Å². The van der Waals surface area contributed by atoms with E-state index in [1.807, 2.05) is 13.8 Å². The normalized spacial score (nSPS) is 13.3. The van der Waals surface area contributed by atoms with Crippen molar-refractivity contribution in [1.82, 2.24) is 5.32 Å². The molecule has 0 fully saturated rings. The highest BCUT2D eigenvalue weighted by molar-refractivity contribution is 7.98. The predicted molar refractivity (Wildman–Crippen MR) is 69.2 cm³/mol. The van der Waals surface area contributed by atoms with E-state index in [9.17, 15) is 5.11 Å². The van der Waals surface area contributed by atoms with Crippen molar-refractivity contribution < 1.29 is 14.6 Å². The standard InChI is InChI=1S/C11H25NO3S/c1-10(2)15-6-5-14-9-11(13)8-12-4-7-16-3/h10-13H,4-9H2,1-3H3. The van der Waals surface area contributed by atoms with Gasteiger partial charge in [0.1, 0.15) is 0 Å². The third kappa shape index (κ3) is 12.3. The smallest absolute Gasteiger partial charge is 0.0897 e. The largest absolute Gasteiger partial charge is 0.389 e. The second kappa shape index (κ2) is 11.7. The van der Waals surface area contributed by atoms with Crippen LogP contribution in [0.3, 0.4) is 0 Å². The van der Waals surface area contributed by atoms with Crippen LogP contribution in [0.1, 0.15) is 13.8 Å². The van der Waals surface area contributed by atoms with Gasteiger partial charge in [-0.05, 0) is 20.1 Å². The van der Waals surface area contributed by atoms with Crippen molar-refractivity contribution >= 4 is 11.8 Å². The van der Waals surface area contributed by atoms with Crippen molar-refractivity contribution in [2.45, 2.75) is 26.1 Å². The lowest BCUT2D eigenvalue weighted by Crippen LogP contribution is -2.32. The molecular formula is C11H25NO3S. The minimum absolute atomic E-state index is 0.238. The third-order valence-electron chi connectivity index (χ3n) is 1.85. The van der Waals surface area contributed by atoms with E-state index in [0.29, 0.717) is 26.4 Å². The molecule has 1 atom stereocenters. The van der Waals surface area contributed by atoms with Gasteiger partial charge in [0.05, 0.1) is 32.0 Å². The summed E-state index contributed by atoms with van der Waals surface area (Å²) in [5.74, 6) is 1.07. The van der Waals surface area contributed by atoms with Crippen molar-refractivity contribution in [3.8, 4) is 0 Å². The van der Waals surface area contributed by atoms with Crippen molar-refractivity contribution in [2.24, 2.45) is 0 Å². The van der Waals surface area contributed by atoms with Gasteiger partial charge in [0.2, 0.25) is 0 Å². The number of nitrogens with one attached hydrogen (secondary N) is 1. The first-order valence-corrected chi connectivity index (χ1v) is 7.13. The zero-order valence-corrected chi connectivity index (χ0v) is 11.4. The first kappa shape index (κ1) is 16.2. The Labute approximate surface area is 103 Å². The molecule has 0 saturated carbocycles. The fraction of sp³-hybridized carbons (Fsp3) is 1.00. The van der Waals surface area contributed by atoms with Crippen LogP contribution in [-0.2, 0) is 9.47 Å². The summed E-state index contributed by atoms with van der Waals surface area (Å²) in [5, 5.41) is 12.7. The molecule has 0 bridgehead atoms. The molecule has 98 valence electrons. The molecular weight excluding hydrogens is 226 g/mol. The van der Waals surface area contributed by atoms with Crippen LogP contribution in [0.2, 0.25) is 0 Å². The van der Waals surface area contributed by atoms with E-state index in [1.165, 1.54) is 0 Å². The third-order valence-corrected chi connectivity index (χ3v) is 2.46. The molecule has 0 aliphatic heterocycles. The Morgan fingerprint density at radius 3 is 2.69 bits per heavy atom. The van der Waals surface area contributed by atoms with E-state index in [1.54, 1.807) is 11.8 Å². The maximum atomic E-state index is 9.52. The molecule has 4 nitrogen and oxygen atoms in total. The Morgan fingerprint density at radius 1 is 1.31 bits per heavy atom. The average Bonchev–Trinajstić information content (AvgIpc) is 2.23. The molecule has 0 aromatic rings. The van der Waals surface area contributed by atoms with Crippen LogP contribution >= 0.6 is 11.8 Å². The molecule has 0 spiro atoms. The number of hydrogen-bond acceptors (Lipinski definition) is 5. The van der Waals surface area contributed by atoms with Crippen LogP contribution < -0.4 is 5.32 Å². The quantitative estimate of drug-likeness (QED) is 0.531. The van der Waals surface area contributed by atoms with Gasteiger partial charge in [-0.3, -0.25) is 0 Å². The minimum Gasteiger partial charge on any atom is -0.389 e. The summed E-state index contributed by atoms with van der Waals surface area (Å²) in [6.07, 6.45) is 1.87. The van der Waals surface area contributed by atoms with Gasteiger partial charge < -0.3 is 19.9 Å². The average molecular weight is 251 g/mol. The fourth-order valence-electron chi connectivity index (χ4n) is 1.06. The number of ether oxygens (including phenoxy) is 2. The highest BCUT2D eigenvalue weighted by Crippen LogP contribution is 1.90. The monoisotopic (exact) mass is 251 g/mol. The summed E-state index contributed by atoms with van der Waals surface area (Å²) in [6, 6.07) is 0. The molecule has 16 heavy (non-hydrogen) atoms. The van der Waals surface area contributed by atoms with Gasteiger partial charge in [0.15, 0.2) is 0 Å². The summed E-state index contributed by atoms with van der Waals surface area (Å²) in [6.45, 7) is 6.99. The summed E-state index contributed by atoms with van der Waals surface area (Å²) in [7, 11) is 0. The van der Waals surface area contributed by atoms with E-state index in [4.69, 9.17) is 9.47 Å². The second-order valence-corrected chi connectivity index (χ2v) is 4.83. The minimum atomic E-state index is -0.430. The van der Waals surface area contributed by atoms with Crippen molar-refractivity contribution in [3.05, 3.63) is 0 Å². The first-order valence-electron chi connectivity index (χ1n) is 5.74. The van der Waals surface area contributed by atoms with Gasteiger partial charge >= 0.3 is 0 Å². The number of aliphatic hydroxyl groups excluding tert-OH is 1. The zero-order valence-electron chi connectivity index (χ0n) is 10.6. The van der Waals surface area contributed by atoms with Crippen LogP contribution in [0, 0.1) is 0 Å². The van der Waals surface area contributed by atoms with Crippen molar-refractivity contribution in [2.75, 3.05) is 44.9 Å². The van der Waals surface area contributed by atoms with Gasteiger partial charge in [0, 0.05) is 18.8 Å². The highest BCUT2D eigenvalue weighted by Gasteiger charge is 2.03. The van der Waals surface area contributed by atoms with Crippen molar-refractivity contribution in [3.63, 3.8) is 0 Å². The van der Waals surface area contributed by atoms with Gasteiger partial charge in [-0.2, -0.15) is 11.8 Å². The zero-order chi connectivity index (χ0) is 12.2. The van der Waals surface area contributed by atoms with Crippen LogP contribution in [0.25, 0.3) is 0 Å². The van der Waals surface area contributed by atoms with E-state index in [2.05, 4.69) is 11.6 Å². The number of hydrogen-bond donors (Lipinski definition) is 2. The molecule has 0 aliphatic carbocycles. The Morgan fingerprint density at radius 2 is 2.06 bits per heavy atom. The molecule has 0 amide bonds. The van der Waals surface area contributed by atoms with Gasteiger partial charge in [-0.25, -0.2) is 0 Å². The molecule has 0 aliphatic rings. The van der Waals surface area contributed by atoms with E-state index in [0.717, 1.165) is 12.3 Å². The van der Waals surface area contributed by atoms with Gasteiger partial charge in [0.25, 0.3) is 0 Å². The fourth-order valence-corrected chi connectivity index (χ4v) is 1.41. The summed E-state index contributed by atoms with van der Waals surface area (Å²) < 4.78 is 10.6. The van der Waals surface area contributed by atoms with E-state index in [-0.39, 0.29) is 6.10 Å². The maximum Gasteiger partial charge on any atom is 0.0897 e. The molecule has 0 heterocycles. The van der Waals surface area contributed by atoms with Crippen molar-refractivity contribution in [1.29, 1.82) is 0 Å². The maximum absolute atomic E-state index is 9.52. The molecule has 0 radical (unpaired) electrons. The van der Waals surface area contributed by atoms with Crippen LogP contribution in [0.5, 0.6) is 0 Å². The Kier molecular flexibility index (Phi) is 11.8. The summed E-state index contributed by atoms with van der Waals surface area (Å²) in [4.78, 5) is 0. The Hall–Kier alpha value is 0.190. The van der Waals surface area contributed by atoms with Gasteiger partial charge in [-0.1, -0.05) is 0 Å². The highest BCUT2D eigenvalue weighted by atomic mass is 32.2. The molecule has 2 N–H and O–H groups in total. The molecule has 0 rings (SSSR count). The Bertz CT molecular complexity index is 147. The van der Waals surface area contributed by atoms with E-state index >= 15 is 0 Å². The second-order valence-electron chi connectivity index (χ2n) is 3.85. The predicted octanol–water partition coefficient (Wildman–Crippen LogP) is 0.741. The molecule has 0 aromatic heterocycles. The molecule has 5 heteroatoms. The molecule has 0 aromatic carbocycles. The summed E-state index contributed by atoms with van der Waals surface area (Å²) in [5.41, 5.74) is 0.